The third kappa shape index (κ3) is 6.33. The molecule has 1 aromatic heterocycles. The van der Waals surface area contributed by atoms with E-state index < -0.39 is 0 Å². The zero-order chi connectivity index (χ0) is 15.1. The highest BCUT2D eigenvalue weighted by atomic mass is 127. The Labute approximate surface area is 154 Å². The number of guanidine groups is 1. The zero-order valence-corrected chi connectivity index (χ0v) is 16.8. The van der Waals surface area contributed by atoms with Gasteiger partial charge in [0, 0.05) is 77.1 Å². The second-order valence-corrected chi connectivity index (χ2v) is 6.53. The highest BCUT2D eigenvalue weighted by Crippen LogP contribution is 2.08. The minimum Gasteiger partial charge on any atom is -0.355 e. The fourth-order valence-electron chi connectivity index (χ4n) is 2.44. The van der Waals surface area contributed by atoms with Crippen molar-refractivity contribution in [2.45, 2.75) is 6.54 Å². The Balaban J connectivity index is 0.00000242. The first kappa shape index (κ1) is 19.6. The number of hydrogen-bond acceptors (Lipinski definition) is 4. The molecular weight excluding hydrogens is 411 g/mol. The van der Waals surface area contributed by atoms with Crippen molar-refractivity contribution in [3.05, 3.63) is 18.0 Å². The van der Waals surface area contributed by atoms with Gasteiger partial charge in [-0.3, -0.25) is 14.6 Å². The first-order chi connectivity index (χ1) is 10.2. The van der Waals surface area contributed by atoms with Gasteiger partial charge in [-0.15, -0.1) is 24.0 Å². The molecule has 1 N–H and O–H groups in total. The molecule has 0 aromatic carbocycles. The molecule has 1 aliphatic rings. The molecule has 0 bridgehead atoms. The van der Waals surface area contributed by atoms with Gasteiger partial charge >= 0.3 is 0 Å². The lowest BCUT2D eigenvalue weighted by molar-refractivity contribution is 0.305. The van der Waals surface area contributed by atoms with E-state index in [2.05, 4.69) is 32.3 Å². The van der Waals surface area contributed by atoms with Crippen molar-refractivity contribution >= 4 is 41.7 Å². The van der Waals surface area contributed by atoms with Gasteiger partial charge in [-0.2, -0.15) is 16.9 Å². The zero-order valence-electron chi connectivity index (χ0n) is 13.7. The van der Waals surface area contributed by atoms with E-state index in [9.17, 15) is 0 Å². The molecule has 1 fully saturated rings. The topological polar surface area (TPSA) is 48.7 Å². The maximum absolute atomic E-state index is 4.36. The fraction of sp³-hybridized carbons (Fsp3) is 0.714. The van der Waals surface area contributed by atoms with Crippen molar-refractivity contribution in [1.29, 1.82) is 0 Å². The van der Waals surface area contributed by atoms with Crippen molar-refractivity contribution in [2.75, 3.05) is 51.8 Å². The van der Waals surface area contributed by atoms with Crippen molar-refractivity contribution in [2.24, 2.45) is 12.0 Å². The summed E-state index contributed by atoms with van der Waals surface area (Å²) in [6.07, 6.45) is 3.93. The number of aliphatic imine (C=N–C) groups is 1. The molecule has 6 nitrogen and oxygen atoms in total. The number of halogens is 1. The van der Waals surface area contributed by atoms with Gasteiger partial charge in [-0.25, -0.2) is 0 Å². The molecule has 0 saturated carbocycles. The molecule has 0 unspecified atom stereocenters. The van der Waals surface area contributed by atoms with Crippen molar-refractivity contribution in [3.63, 3.8) is 0 Å². The van der Waals surface area contributed by atoms with Crippen LogP contribution in [0.3, 0.4) is 0 Å². The summed E-state index contributed by atoms with van der Waals surface area (Å²) >= 11 is 2.05. The summed E-state index contributed by atoms with van der Waals surface area (Å²) in [4.78, 5) is 9.00. The van der Waals surface area contributed by atoms with Gasteiger partial charge in [0.2, 0.25) is 0 Å². The van der Waals surface area contributed by atoms with E-state index in [1.54, 1.807) is 0 Å². The van der Waals surface area contributed by atoms with Crippen molar-refractivity contribution < 1.29 is 0 Å². The van der Waals surface area contributed by atoms with Crippen molar-refractivity contribution in [3.8, 4) is 0 Å². The minimum absolute atomic E-state index is 0. The van der Waals surface area contributed by atoms with Gasteiger partial charge in [-0.05, 0) is 0 Å². The van der Waals surface area contributed by atoms with Crippen LogP contribution in [0, 0.1) is 0 Å². The largest absolute Gasteiger partial charge is 0.355 e. The normalized spacial score (nSPS) is 16.2. The van der Waals surface area contributed by atoms with E-state index in [4.69, 9.17) is 0 Å². The lowest BCUT2D eigenvalue weighted by atomic mass is 10.3. The summed E-state index contributed by atoms with van der Waals surface area (Å²) in [5.41, 5.74) is 1.19. The van der Waals surface area contributed by atoms with E-state index in [1.165, 1.54) is 30.2 Å². The van der Waals surface area contributed by atoms with E-state index in [0.29, 0.717) is 0 Å². The number of rotatable bonds is 5. The molecule has 8 heteroatoms. The number of nitrogens with zero attached hydrogens (tertiary/aromatic N) is 5. The molecular formula is C14H27IN6S. The predicted molar refractivity (Wildman–Crippen MR) is 105 cm³/mol. The monoisotopic (exact) mass is 438 g/mol. The second kappa shape index (κ2) is 10.3. The Kier molecular flexibility index (Phi) is 9.18. The smallest absolute Gasteiger partial charge is 0.193 e. The van der Waals surface area contributed by atoms with Crippen LogP contribution in [0.5, 0.6) is 0 Å². The van der Waals surface area contributed by atoms with Crippen LogP contribution >= 0.6 is 35.7 Å². The summed E-state index contributed by atoms with van der Waals surface area (Å²) in [7, 11) is 5.83. The predicted octanol–water partition coefficient (Wildman–Crippen LogP) is 1.09. The van der Waals surface area contributed by atoms with Crippen LogP contribution in [0.15, 0.2) is 17.4 Å². The van der Waals surface area contributed by atoms with E-state index in [0.717, 1.165) is 25.6 Å². The first-order valence-electron chi connectivity index (χ1n) is 7.38. The minimum atomic E-state index is 0. The molecule has 0 amide bonds. The summed E-state index contributed by atoms with van der Waals surface area (Å²) < 4.78 is 1.83. The second-order valence-electron chi connectivity index (χ2n) is 5.31. The maximum Gasteiger partial charge on any atom is 0.193 e. The lowest BCUT2D eigenvalue weighted by Crippen LogP contribution is -2.43. The summed E-state index contributed by atoms with van der Waals surface area (Å²) in [6.45, 7) is 5.25. The Morgan fingerprint density at radius 1 is 1.45 bits per heavy atom. The van der Waals surface area contributed by atoms with Gasteiger partial charge < -0.3 is 10.2 Å². The van der Waals surface area contributed by atoms with Crippen LogP contribution in [0.2, 0.25) is 0 Å². The Hall–Kier alpha value is -0.480. The molecule has 1 aromatic rings. The standard InChI is InChI=1S/C14H26N6S.HI/c1-15-14(16-4-5-20-6-8-21-9-7-20)18(2)11-13-10-17-19(3)12-13;/h10,12H,4-9,11H2,1-3H3,(H,15,16);1H. The number of aromatic nitrogens is 2. The fourth-order valence-corrected chi connectivity index (χ4v) is 3.42. The Bertz CT molecular complexity index is 458. The third-order valence-corrected chi connectivity index (χ3v) is 4.51. The van der Waals surface area contributed by atoms with Crippen LogP contribution < -0.4 is 5.32 Å². The molecule has 126 valence electrons. The molecule has 1 saturated heterocycles. The molecule has 0 atom stereocenters. The van der Waals surface area contributed by atoms with Crippen molar-refractivity contribution in [1.82, 2.24) is 24.9 Å². The summed E-state index contributed by atoms with van der Waals surface area (Å²) in [6, 6.07) is 0. The summed E-state index contributed by atoms with van der Waals surface area (Å²) in [5, 5.41) is 7.64. The SMILES string of the molecule is CN=C(NCCN1CCSCC1)N(C)Cc1cnn(C)c1.I. The average molecular weight is 438 g/mol. The van der Waals surface area contributed by atoms with Gasteiger partial charge in [0.25, 0.3) is 0 Å². The number of hydrogen-bond donors (Lipinski definition) is 1. The van der Waals surface area contributed by atoms with Crippen LogP contribution in [-0.2, 0) is 13.6 Å². The van der Waals surface area contributed by atoms with Crippen LogP contribution in [0.4, 0.5) is 0 Å². The van der Waals surface area contributed by atoms with E-state index in [-0.39, 0.29) is 24.0 Å². The molecule has 2 rings (SSSR count). The van der Waals surface area contributed by atoms with E-state index in [1.807, 2.05) is 42.9 Å². The molecule has 22 heavy (non-hydrogen) atoms. The van der Waals surface area contributed by atoms with Crippen LogP contribution in [0.25, 0.3) is 0 Å². The van der Waals surface area contributed by atoms with E-state index >= 15 is 0 Å². The number of nitrogens with one attached hydrogen (secondary N) is 1. The quantitative estimate of drug-likeness (QED) is 0.424. The molecule has 0 aliphatic carbocycles. The van der Waals surface area contributed by atoms with Crippen LogP contribution in [-0.4, -0.2) is 77.3 Å². The molecule has 0 spiro atoms. The molecule has 0 radical (unpaired) electrons. The van der Waals surface area contributed by atoms with Gasteiger partial charge in [-0.1, -0.05) is 0 Å². The highest BCUT2D eigenvalue weighted by molar-refractivity contribution is 14.0. The first-order valence-corrected chi connectivity index (χ1v) is 8.54. The van der Waals surface area contributed by atoms with Gasteiger partial charge in [0.1, 0.15) is 0 Å². The van der Waals surface area contributed by atoms with Crippen LogP contribution in [0.1, 0.15) is 5.56 Å². The number of aryl methyl sites for hydroxylation is 1. The molecule has 1 aliphatic heterocycles. The lowest BCUT2D eigenvalue weighted by Gasteiger charge is -2.27. The summed E-state index contributed by atoms with van der Waals surface area (Å²) in [5.74, 6) is 3.45. The third-order valence-electron chi connectivity index (χ3n) is 3.57. The maximum atomic E-state index is 4.36. The number of thioether (sulfide) groups is 1. The molecule has 2 heterocycles. The van der Waals surface area contributed by atoms with Gasteiger partial charge in [0.15, 0.2) is 5.96 Å². The Morgan fingerprint density at radius 2 is 2.18 bits per heavy atom. The average Bonchev–Trinajstić information content (AvgIpc) is 2.89. The van der Waals surface area contributed by atoms with Gasteiger partial charge in [0.05, 0.1) is 6.20 Å². The highest BCUT2D eigenvalue weighted by Gasteiger charge is 2.11. The Morgan fingerprint density at radius 3 is 2.77 bits per heavy atom.